The van der Waals surface area contributed by atoms with Gasteiger partial charge in [-0.15, -0.1) is 0 Å². The molecule has 2 N–H and O–H groups in total. The first-order valence-electron chi connectivity index (χ1n) is 5.79. The molecule has 0 spiro atoms. The first kappa shape index (κ1) is 15.3. The third-order valence-corrected chi connectivity index (χ3v) is 4.84. The third kappa shape index (κ3) is 4.18. The molecule has 104 valence electrons. The topological polar surface area (TPSA) is 89.7 Å². The van der Waals surface area contributed by atoms with Crippen molar-refractivity contribution in [1.29, 1.82) is 0 Å². The van der Waals surface area contributed by atoms with Gasteiger partial charge in [0.15, 0.2) is 5.75 Å². The molecule has 0 aromatic rings. The standard InChI is InChI=1S/C10H18N2O4S2/c1-2-16-9(13)7-18(14,15)12-5-3-4-8(6-12)10(11)17/h8H,2-7H2,1H3,(H2,11,17). The van der Waals surface area contributed by atoms with E-state index in [2.05, 4.69) is 4.74 Å². The van der Waals surface area contributed by atoms with Crippen molar-refractivity contribution in [2.75, 3.05) is 25.4 Å². The Bertz CT molecular complexity index is 422. The fourth-order valence-corrected chi connectivity index (χ4v) is 3.44. The largest absolute Gasteiger partial charge is 0.465 e. The van der Waals surface area contributed by atoms with E-state index in [0.29, 0.717) is 18.0 Å². The Kier molecular flexibility index (Phi) is 5.48. The van der Waals surface area contributed by atoms with Gasteiger partial charge in [-0.05, 0) is 19.8 Å². The van der Waals surface area contributed by atoms with Crippen molar-refractivity contribution in [2.45, 2.75) is 19.8 Å². The molecule has 1 saturated heterocycles. The minimum atomic E-state index is -3.63. The normalized spacial score (nSPS) is 21.5. The van der Waals surface area contributed by atoms with Crippen LogP contribution in [0.5, 0.6) is 0 Å². The molecular weight excluding hydrogens is 276 g/mol. The molecule has 1 rings (SSSR count). The van der Waals surface area contributed by atoms with Crippen molar-refractivity contribution in [3.8, 4) is 0 Å². The molecule has 1 atom stereocenters. The van der Waals surface area contributed by atoms with E-state index in [9.17, 15) is 13.2 Å². The Morgan fingerprint density at radius 3 is 2.78 bits per heavy atom. The molecule has 1 aliphatic rings. The highest BCUT2D eigenvalue weighted by molar-refractivity contribution is 7.89. The summed E-state index contributed by atoms with van der Waals surface area (Å²) in [6.07, 6.45) is 1.49. The van der Waals surface area contributed by atoms with Gasteiger partial charge in [0.2, 0.25) is 10.0 Å². The number of sulfonamides is 1. The van der Waals surface area contributed by atoms with Crippen LogP contribution in [-0.4, -0.2) is 49.1 Å². The Morgan fingerprint density at radius 2 is 2.22 bits per heavy atom. The SMILES string of the molecule is CCOC(=O)CS(=O)(=O)N1CCCC(C(N)=S)C1. The Hall–Kier alpha value is -0.730. The summed E-state index contributed by atoms with van der Waals surface area (Å²) >= 11 is 4.89. The number of nitrogens with two attached hydrogens (primary N) is 1. The summed E-state index contributed by atoms with van der Waals surface area (Å²) in [5, 5.41) is 0. The van der Waals surface area contributed by atoms with Crippen LogP contribution in [0, 0.1) is 5.92 Å². The van der Waals surface area contributed by atoms with Crippen LogP contribution in [0.2, 0.25) is 0 Å². The first-order valence-corrected chi connectivity index (χ1v) is 7.81. The highest BCUT2D eigenvalue weighted by Crippen LogP contribution is 2.19. The molecule has 0 aromatic carbocycles. The number of piperidine rings is 1. The Balaban J connectivity index is 2.67. The summed E-state index contributed by atoms with van der Waals surface area (Å²) in [5.74, 6) is -1.45. The summed E-state index contributed by atoms with van der Waals surface area (Å²) in [4.78, 5) is 11.6. The third-order valence-electron chi connectivity index (χ3n) is 2.79. The molecule has 18 heavy (non-hydrogen) atoms. The van der Waals surface area contributed by atoms with Crippen LogP contribution in [0.25, 0.3) is 0 Å². The van der Waals surface area contributed by atoms with Gasteiger partial charge in [-0.3, -0.25) is 4.79 Å². The van der Waals surface area contributed by atoms with Gasteiger partial charge in [-0.25, -0.2) is 12.7 Å². The van der Waals surface area contributed by atoms with Crippen molar-refractivity contribution in [2.24, 2.45) is 11.7 Å². The molecule has 0 radical (unpaired) electrons. The molecule has 1 fully saturated rings. The monoisotopic (exact) mass is 294 g/mol. The number of hydrogen-bond acceptors (Lipinski definition) is 5. The average Bonchev–Trinajstić information content (AvgIpc) is 2.28. The second-order valence-electron chi connectivity index (χ2n) is 4.16. The van der Waals surface area contributed by atoms with Gasteiger partial charge in [-0.2, -0.15) is 0 Å². The fourth-order valence-electron chi connectivity index (χ4n) is 1.87. The second-order valence-corrected chi connectivity index (χ2v) is 6.60. The van der Waals surface area contributed by atoms with Crippen LogP contribution in [0.4, 0.5) is 0 Å². The number of rotatable bonds is 5. The molecule has 1 aliphatic heterocycles. The summed E-state index contributed by atoms with van der Waals surface area (Å²) in [6, 6.07) is 0. The van der Waals surface area contributed by atoms with Crippen molar-refractivity contribution >= 4 is 33.2 Å². The quantitative estimate of drug-likeness (QED) is 0.561. The van der Waals surface area contributed by atoms with Gasteiger partial charge < -0.3 is 10.5 Å². The van der Waals surface area contributed by atoms with Crippen molar-refractivity contribution in [3.05, 3.63) is 0 Å². The molecule has 1 unspecified atom stereocenters. The van der Waals surface area contributed by atoms with Gasteiger partial charge in [-0.1, -0.05) is 12.2 Å². The molecule has 0 aromatic heterocycles. The molecule has 0 amide bonds. The Morgan fingerprint density at radius 1 is 1.56 bits per heavy atom. The van der Waals surface area contributed by atoms with E-state index in [1.165, 1.54) is 4.31 Å². The van der Waals surface area contributed by atoms with Crippen molar-refractivity contribution in [3.63, 3.8) is 0 Å². The highest BCUT2D eigenvalue weighted by atomic mass is 32.2. The smallest absolute Gasteiger partial charge is 0.322 e. The average molecular weight is 294 g/mol. The van der Waals surface area contributed by atoms with Gasteiger partial charge in [0.25, 0.3) is 0 Å². The van der Waals surface area contributed by atoms with Crippen molar-refractivity contribution < 1.29 is 17.9 Å². The number of carbonyl (C=O) groups is 1. The minimum absolute atomic E-state index is 0.106. The lowest BCUT2D eigenvalue weighted by atomic mass is 10.0. The van der Waals surface area contributed by atoms with E-state index in [1.807, 2.05) is 0 Å². The van der Waals surface area contributed by atoms with Gasteiger partial charge in [0.05, 0.1) is 11.6 Å². The summed E-state index contributed by atoms with van der Waals surface area (Å²) < 4.78 is 29.9. The summed E-state index contributed by atoms with van der Waals surface area (Å²) in [6.45, 7) is 2.47. The van der Waals surface area contributed by atoms with E-state index in [1.54, 1.807) is 6.92 Å². The molecule has 1 heterocycles. The molecule has 0 saturated carbocycles. The van der Waals surface area contributed by atoms with E-state index >= 15 is 0 Å². The Labute approximate surface area is 113 Å². The number of thiocarbonyl (C=S) groups is 1. The zero-order valence-corrected chi connectivity index (χ0v) is 11.9. The molecular formula is C10H18N2O4S2. The van der Waals surface area contributed by atoms with Gasteiger partial charge in [0.1, 0.15) is 0 Å². The van der Waals surface area contributed by atoms with E-state index in [4.69, 9.17) is 18.0 Å². The summed E-state index contributed by atoms with van der Waals surface area (Å²) in [5.41, 5.74) is 5.54. The van der Waals surface area contributed by atoms with E-state index < -0.39 is 21.7 Å². The zero-order valence-electron chi connectivity index (χ0n) is 10.3. The molecule has 6 nitrogen and oxygen atoms in total. The number of hydrogen-bond donors (Lipinski definition) is 1. The van der Waals surface area contributed by atoms with Crippen LogP contribution >= 0.6 is 12.2 Å². The minimum Gasteiger partial charge on any atom is -0.465 e. The molecule has 0 bridgehead atoms. The maximum Gasteiger partial charge on any atom is 0.322 e. The van der Waals surface area contributed by atoms with Gasteiger partial charge in [0, 0.05) is 19.0 Å². The highest BCUT2D eigenvalue weighted by Gasteiger charge is 2.31. The molecule has 8 heteroatoms. The lowest BCUT2D eigenvalue weighted by Gasteiger charge is -2.31. The second kappa shape index (κ2) is 6.44. The number of ether oxygens (including phenoxy) is 1. The predicted octanol–water partition coefficient (Wildman–Crippen LogP) is -0.123. The van der Waals surface area contributed by atoms with Crippen molar-refractivity contribution in [1.82, 2.24) is 4.31 Å². The number of esters is 1. The van der Waals surface area contributed by atoms with Crippen LogP contribution in [0.15, 0.2) is 0 Å². The first-order chi connectivity index (χ1) is 8.36. The zero-order chi connectivity index (χ0) is 13.8. The van der Waals surface area contributed by atoms with Crippen LogP contribution in [0.3, 0.4) is 0 Å². The molecule has 0 aliphatic carbocycles. The lowest BCUT2D eigenvalue weighted by molar-refractivity contribution is -0.140. The number of carbonyl (C=O) groups excluding carboxylic acids is 1. The van der Waals surface area contributed by atoms with Crippen LogP contribution in [0.1, 0.15) is 19.8 Å². The van der Waals surface area contributed by atoms with E-state index in [-0.39, 0.29) is 19.1 Å². The van der Waals surface area contributed by atoms with Crippen LogP contribution < -0.4 is 5.73 Å². The lowest BCUT2D eigenvalue weighted by Crippen LogP contribution is -2.45. The number of nitrogens with zero attached hydrogens (tertiary/aromatic N) is 1. The van der Waals surface area contributed by atoms with Gasteiger partial charge >= 0.3 is 5.97 Å². The van der Waals surface area contributed by atoms with E-state index in [0.717, 1.165) is 6.42 Å². The fraction of sp³-hybridized carbons (Fsp3) is 0.800. The van der Waals surface area contributed by atoms with Crippen LogP contribution in [-0.2, 0) is 19.6 Å². The maximum atomic E-state index is 12.0. The predicted molar refractivity (Wildman–Crippen MR) is 71.5 cm³/mol. The summed E-state index contributed by atoms with van der Waals surface area (Å²) in [7, 11) is -3.63. The maximum absolute atomic E-state index is 12.0.